The normalized spacial score (nSPS) is 9.47. The predicted octanol–water partition coefficient (Wildman–Crippen LogP) is 2.41. The third-order valence-corrected chi connectivity index (χ3v) is 2.28. The standard InChI is InChI=1S/C9H6N2O2.C5H5N/c12-9(13)6-1-2-7-8(5-6)11-4-3-10-7;1-2-4-6-5-3-1/h1-5H,(H,12,13);1-5H. The fourth-order valence-corrected chi connectivity index (χ4v) is 1.41. The minimum atomic E-state index is -0.951. The van der Waals surface area contributed by atoms with Crippen LogP contribution in [0.25, 0.3) is 11.0 Å². The maximum absolute atomic E-state index is 10.6. The lowest BCUT2D eigenvalue weighted by Crippen LogP contribution is -1.96. The molecule has 0 amide bonds. The summed E-state index contributed by atoms with van der Waals surface area (Å²) in [5, 5.41) is 8.70. The van der Waals surface area contributed by atoms with E-state index in [0.717, 1.165) is 0 Å². The molecule has 0 bridgehead atoms. The summed E-state index contributed by atoms with van der Waals surface area (Å²) in [5.41, 5.74) is 1.53. The number of hydrogen-bond donors (Lipinski definition) is 1. The van der Waals surface area contributed by atoms with Crippen molar-refractivity contribution in [2.75, 3.05) is 0 Å². The summed E-state index contributed by atoms with van der Waals surface area (Å²) in [6, 6.07) is 10.4. The van der Waals surface area contributed by atoms with Gasteiger partial charge >= 0.3 is 5.97 Å². The highest BCUT2D eigenvalue weighted by molar-refractivity contribution is 5.91. The molecule has 5 heteroatoms. The molecule has 3 aromatic rings. The monoisotopic (exact) mass is 253 g/mol. The lowest BCUT2D eigenvalue weighted by atomic mass is 10.2. The molecule has 3 rings (SSSR count). The van der Waals surface area contributed by atoms with Gasteiger partial charge in [-0.15, -0.1) is 0 Å². The molecule has 0 fully saturated rings. The fraction of sp³-hybridized carbons (Fsp3) is 0. The topological polar surface area (TPSA) is 76.0 Å². The van der Waals surface area contributed by atoms with Crippen LogP contribution >= 0.6 is 0 Å². The summed E-state index contributed by atoms with van der Waals surface area (Å²) in [5.74, 6) is -0.951. The Morgan fingerprint density at radius 1 is 0.895 bits per heavy atom. The zero-order chi connectivity index (χ0) is 13.5. The molecule has 5 nitrogen and oxygen atoms in total. The predicted molar refractivity (Wildman–Crippen MR) is 70.7 cm³/mol. The first-order valence-electron chi connectivity index (χ1n) is 5.56. The Balaban J connectivity index is 0.000000186. The second kappa shape index (κ2) is 6.20. The molecule has 0 atom stereocenters. The Labute approximate surface area is 109 Å². The summed E-state index contributed by atoms with van der Waals surface area (Å²) in [6.07, 6.45) is 6.61. The van der Waals surface area contributed by atoms with E-state index in [-0.39, 0.29) is 5.56 Å². The number of nitrogens with zero attached hydrogens (tertiary/aromatic N) is 3. The van der Waals surface area contributed by atoms with Gasteiger partial charge in [-0.2, -0.15) is 0 Å². The van der Waals surface area contributed by atoms with Crippen molar-refractivity contribution < 1.29 is 9.90 Å². The van der Waals surface area contributed by atoms with Crippen molar-refractivity contribution >= 4 is 17.0 Å². The summed E-state index contributed by atoms with van der Waals surface area (Å²) in [7, 11) is 0. The van der Waals surface area contributed by atoms with Crippen LogP contribution in [0.3, 0.4) is 0 Å². The van der Waals surface area contributed by atoms with Crippen molar-refractivity contribution in [3.05, 3.63) is 66.7 Å². The second-order valence-corrected chi connectivity index (χ2v) is 3.59. The SMILES string of the molecule is O=C(O)c1ccc2nccnc2c1.c1ccncc1. The number of benzene rings is 1. The molecule has 2 aromatic heterocycles. The number of aromatic carboxylic acids is 1. The van der Waals surface area contributed by atoms with Gasteiger partial charge in [0.15, 0.2) is 0 Å². The molecule has 0 saturated heterocycles. The van der Waals surface area contributed by atoms with Gasteiger partial charge in [0.1, 0.15) is 0 Å². The van der Waals surface area contributed by atoms with Crippen LogP contribution in [-0.2, 0) is 0 Å². The third-order valence-electron chi connectivity index (χ3n) is 2.28. The number of carbonyl (C=O) groups is 1. The Kier molecular flexibility index (Phi) is 4.12. The molecule has 0 unspecified atom stereocenters. The Hall–Kier alpha value is -2.82. The van der Waals surface area contributed by atoms with Crippen molar-refractivity contribution in [3.8, 4) is 0 Å². The molecule has 19 heavy (non-hydrogen) atoms. The van der Waals surface area contributed by atoms with E-state index in [0.29, 0.717) is 11.0 Å². The van der Waals surface area contributed by atoms with Crippen molar-refractivity contribution in [2.24, 2.45) is 0 Å². The van der Waals surface area contributed by atoms with Gasteiger partial charge in [0.2, 0.25) is 0 Å². The highest BCUT2D eigenvalue weighted by atomic mass is 16.4. The number of carboxylic acid groups (broad SMARTS) is 1. The van der Waals surface area contributed by atoms with E-state index in [1.807, 2.05) is 18.2 Å². The quantitative estimate of drug-likeness (QED) is 0.720. The summed E-state index contributed by atoms with van der Waals surface area (Å²) in [4.78, 5) is 22.4. The molecule has 94 valence electrons. The zero-order valence-corrected chi connectivity index (χ0v) is 9.97. The van der Waals surface area contributed by atoms with E-state index in [9.17, 15) is 4.79 Å². The first-order chi connectivity index (χ1) is 9.27. The van der Waals surface area contributed by atoms with Gasteiger partial charge < -0.3 is 5.11 Å². The van der Waals surface area contributed by atoms with Crippen molar-refractivity contribution in [2.45, 2.75) is 0 Å². The first kappa shape index (κ1) is 12.6. The number of carboxylic acids is 1. The van der Waals surface area contributed by atoms with E-state index in [2.05, 4.69) is 15.0 Å². The van der Waals surface area contributed by atoms with Crippen LogP contribution in [0.2, 0.25) is 0 Å². The molecule has 0 aliphatic carbocycles. The van der Waals surface area contributed by atoms with Gasteiger partial charge in [-0.05, 0) is 30.3 Å². The maximum Gasteiger partial charge on any atom is 0.335 e. The van der Waals surface area contributed by atoms with Crippen molar-refractivity contribution in [3.63, 3.8) is 0 Å². The molecule has 2 heterocycles. The molecular formula is C14H11N3O2. The Morgan fingerprint density at radius 3 is 2.11 bits per heavy atom. The van der Waals surface area contributed by atoms with Gasteiger partial charge in [-0.25, -0.2) is 4.79 Å². The van der Waals surface area contributed by atoms with Crippen LogP contribution in [0.15, 0.2) is 61.2 Å². The van der Waals surface area contributed by atoms with Crippen LogP contribution in [0, 0.1) is 0 Å². The molecule has 1 N–H and O–H groups in total. The van der Waals surface area contributed by atoms with Gasteiger partial charge in [-0.3, -0.25) is 15.0 Å². The largest absolute Gasteiger partial charge is 0.478 e. The van der Waals surface area contributed by atoms with E-state index in [1.165, 1.54) is 18.3 Å². The Morgan fingerprint density at radius 2 is 1.58 bits per heavy atom. The zero-order valence-electron chi connectivity index (χ0n) is 9.97. The van der Waals surface area contributed by atoms with Crippen LogP contribution in [-0.4, -0.2) is 26.0 Å². The average molecular weight is 253 g/mol. The second-order valence-electron chi connectivity index (χ2n) is 3.59. The fourth-order valence-electron chi connectivity index (χ4n) is 1.41. The highest BCUT2D eigenvalue weighted by Gasteiger charge is 2.03. The Bertz CT molecular complexity index is 645. The molecule has 0 aliphatic rings. The maximum atomic E-state index is 10.6. The number of aromatic nitrogens is 3. The lowest BCUT2D eigenvalue weighted by Gasteiger charge is -1.96. The van der Waals surface area contributed by atoms with Crippen LogP contribution in [0.1, 0.15) is 10.4 Å². The smallest absolute Gasteiger partial charge is 0.335 e. The van der Waals surface area contributed by atoms with Crippen molar-refractivity contribution in [1.82, 2.24) is 15.0 Å². The van der Waals surface area contributed by atoms with Gasteiger partial charge in [0, 0.05) is 24.8 Å². The number of pyridine rings is 1. The summed E-state index contributed by atoms with van der Waals surface area (Å²) < 4.78 is 0. The summed E-state index contributed by atoms with van der Waals surface area (Å²) >= 11 is 0. The highest BCUT2D eigenvalue weighted by Crippen LogP contribution is 2.10. The lowest BCUT2D eigenvalue weighted by molar-refractivity contribution is 0.0697. The van der Waals surface area contributed by atoms with E-state index in [4.69, 9.17) is 5.11 Å². The molecule has 0 aliphatic heterocycles. The molecule has 0 radical (unpaired) electrons. The number of fused-ring (bicyclic) bond motifs is 1. The average Bonchev–Trinajstić information content (AvgIpc) is 2.49. The number of hydrogen-bond acceptors (Lipinski definition) is 4. The van der Waals surface area contributed by atoms with Crippen LogP contribution < -0.4 is 0 Å². The minimum absolute atomic E-state index is 0.230. The molecular weight excluding hydrogens is 242 g/mol. The van der Waals surface area contributed by atoms with E-state index < -0.39 is 5.97 Å². The minimum Gasteiger partial charge on any atom is -0.478 e. The summed E-state index contributed by atoms with van der Waals surface area (Å²) in [6.45, 7) is 0. The molecule has 1 aromatic carbocycles. The van der Waals surface area contributed by atoms with E-state index >= 15 is 0 Å². The van der Waals surface area contributed by atoms with Gasteiger partial charge in [0.25, 0.3) is 0 Å². The van der Waals surface area contributed by atoms with Crippen LogP contribution in [0.4, 0.5) is 0 Å². The van der Waals surface area contributed by atoms with E-state index in [1.54, 1.807) is 24.7 Å². The molecule has 0 spiro atoms. The molecule has 0 saturated carbocycles. The van der Waals surface area contributed by atoms with Crippen molar-refractivity contribution in [1.29, 1.82) is 0 Å². The van der Waals surface area contributed by atoms with Gasteiger partial charge in [0.05, 0.1) is 16.6 Å². The number of rotatable bonds is 1. The van der Waals surface area contributed by atoms with Gasteiger partial charge in [-0.1, -0.05) is 6.07 Å². The van der Waals surface area contributed by atoms with Crippen LogP contribution in [0.5, 0.6) is 0 Å². The third kappa shape index (κ3) is 3.57. The first-order valence-corrected chi connectivity index (χ1v) is 5.56.